The first-order valence-corrected chi connectivity index (χ1v) is 6.52. The molecule has 1 amide bonds. The summed E-state index contributed by atoms with van der Waals surface area (Å²) >= 11 is 0. The summed E-state index contributed by atoms with van der Waals surface area (Å²) in [5.74, 6) is 0.317. The quantitative estimate of drug-likeness (QED) is 0.706. The number of nitrogens with zero attached hydrogens (tertiary/aromatic N) is 1. The minimum atomic E-state index is 0.0827. The van der Waals surface area contributed by atoms with Gasteiger partial charge in [0, 0.05) is 6.54 Å². The Morgan fingerprint density at radius 2 is 2.19 bits per heavy atom. The Balaban J connectivity index is 1.70. The number of rotatable bonds is 1. The minimum Gasteiger partial charge on any atom is -0.374 e. The van der Waals surface area contributed by atoms with E-state index in [-0.39, 0.29) is 6.04 Å². The second-order valence-corrected chi connectivity index (χ2v) is 5.09. The van der Waals surface area contributed by atoms with Crippen LogP contribution in [0.15, 0.2) is 0 Å². The molecule has 2 aliphatic heterocycles. The van der Waals surface area contributed by atoms with Crippen LogP contribution < -0.4 is 5.32 Å². The first-order valence-electron chi connectivity index (χ1n) is 6.52. The Morgan fingerprint density at radius 3 is 3.00 bits per heavy atom. The van der Waals surface area contributed by atoms with Crippen molar-refractivity contribution < 1.29 is 9.53 Å². The topological polar surface area (TPSA) is 41.6 Å². The van der Waals surface area contributed by atoms with E-state index in [0.29, 0.717) is 18.1 Å². The SMILES string of the molecule is O=C(C1CCCN1)N1CCOC2CCCC21. The molecule has 4 nitrogen and oxygen atoms in total. The summed E-state index contributed by atoms with van der Waals surface area (Å²) in [6.45, 7) is 2.51. The molecule has 0 aromatic rings. The van der Waals surface area contributed by atoms with Gasteiger partial charge in [-0.05, 0) is 38.6 Å². The Hall–Kier alpha value is -0.610. The van der Waals surface area contributed by atoms with Crippen molar-refractivity contribution in [3.8, 4) is 0 Å². The van der Waals surface area contributed by atoms with E-state index in [1.807, 2.05) is 0 Å². The third-order valence-corrected chi connectivity index (χ3v) is 4.12. The standard InChI is InChI=1S/C12H20N2O2/c15-12(9-3-2-6-13-9)14-7-8-16-11-5-1-4-10(11)14/h9-11,13H,1-8H2. The number of carbonyl (C=O) groups excluding carboxylic acids is 1. The Kier molecular flexibility index (Phi) is 2.86. The van der Waals surface area contributed by atoms with Crippen LogP contribution in [-0.2, 0) is 9.53 Å². The molecule has 2 saturated heterocycles. The lowest BCUT2D eigenvalue weighted by Gasteiger charge is -2.39. The largest absolute Gasteiger partial charge is 0.374 e. The van der Waals surface area contributed by atoms with Crippen molar-refractivity contribution in [1.29, 1.82) is 0 Å². The fourth-order valence-corrected chi connectivity index (χ4v) is 3.29. The predicted molar refractivity (Wildman–Crippen MR) is 60.1 cm³/mol. The number of hydrogen-bond acceptors (Lipinski definition) is 3. The van der Waals surface area contributed by atoms with Gasteiger partial charge in [0.2, 0.25) is 5.91 Å². The smallest absolute Gasteiger partial charge is 0.240 e. The molecule has 16 heavy (non-hydrogen) atoms. The van der Waals surface area contributed by atoms with Crippen molar-refractivity contribution in [3.05, 3.63) is 0 Å². The number of ether oxygens (including phenoxy) is 1. The lowest BCUT2D eigenvalue weighted by Crippen LogP contribution is -2.55. The van der Waals surface area contributed by atoms with E-state index in [9.17, 15) is 4.79 Å². The van der Waals surface area contributed by atoms with E-state index in [4.69, 9.17) is 4.74 Å². The zero-order valence-corrected chi connectivity index (χ0v) is 9.65. The Labute approximate surface area is 96.3 Å². The van der Waals surface area contributed by atoms with Crippen molar-refractivity contribution in [1.82, 2.24) is 10.2 Å². The summed E-state index contributed by atoms with van der Waals surface area (Å²) in [6, 6.07) is 0.447. The Morgan fingerprint density at radius 1 is 1.25 bits per heavy atom. The zero-order chi connectivity index (χ0) is 11.0. The summed E-state index contributed by atoms with van der Waals surface area (Å²) in [6.07, 6.45) is 5.93. The van der Waals surface area contributed by atoms with Crippen LogP contribution in [-0.4, -0.2) is 48.7 Å². The summed E-state index contributed by atoms with van der Waals surface area (Å²) in [7, 11) is 0. The highest BCUT2D eigenvalue weighted by Gasteiger charge is 2.40. The van der Waals surface area contributed by atoms with Gasteiger partial charge in [0.05, 0.1) is 24.8 Å². The number of amides is 1. The number of nitrogens with one attached hydrogen (secondary N) is 1. The third kappa shape index (κ3) is 1.74. The number of carbonyl (C=O) groups is 1. The molecular formula is C12H20N2O2. The summed E-state index contributed by atoms with van der Waals surface area (Å²) in [5, 5.41) is 3.30. The van der Waals surface area contributed by atoms with E-state index in [0.717, 1.165) is 45.4 Å². The molecule has 4 heteroatoms. The normalized spacial score (nSPS) is 38.8. The van der Waals surface area contributed by atoms with Crippen LogP contribution in [0.2, 0.25) is 0 Å². The molecule has 3 unspecified atom stereocenters. The summed E-state index contributed by atoms with van der Waals surface area (Å²) < 4.78 is 5.73. The molecule has 1 N–H and O–H groups in total. The molecule has 0 radical (unpaired) electrons. The van der Waals surface area contributed by atoms with Crippen LogP contribution in [0.1, 0.15) is 32.1 Å². The number of hydrogen-bond donors (Lipinski definition) is 1. The molecule has 0 bridgehead atoms. The lowest BCUT2D eigenvalue weighted by molar-refractivity contribution is -0.145. The lowest BCUT2D eigenvalue weighted by atomic mass is 10.1. The molecule has 0 aromatic carbocycles. The maximum absolute atomic E-state index is 12.4. The molecule has 3 fully saturated rings. The van der Waals surface area contributed by atoms with E-state index in [1.54, 1.807) is 0 Å². The number of morpholine rings is 1. The molecule has 2 heterocycles. The second kappa shape index (κ2) is 4.34. The first-order chi connectivity index (χ1) is 7.86. The zero-order valence-electron chi connectivity index (χ0n) is 9.65. The second-order valence-electron chi connectivity index (χ2n) is 5.09. The van der Waals surface area contributed by atoms with Crippen LogP contribution in [0.4, 0.5) is 0 Å². The van der Waals surface area contributed by atoms with E-state index < -0.39 is 0 Å². The summed E-state index contributed by atoms with van der Waals surface area (Å²) in [4.78, 5) is 14.4. The van der Waals surface area contributed by atoms with Gasteiger partial charge in [-0.25, -0.2) is 0 Å². The third-order valence-electron chi connectivity index (χ3n) is 4.12. The highest BCUT2D eigenvalue weighted by Crippen LogP contribution is 2.30. The molecule has 3 aliphatic rings. The van der Waals surface area contributed by atoms with Crippen LogP contribution in [0.3, 0.4) is 0 Å². The average Bonchev–Trinajstić information content (AvgIpc) is 2.98. The molecule has 0 spiro atoms. The van der Waals surface area contributed by atoms with Gasteiger partial charge in [-0.15, -0.1) is 0 Å². The van der Waals surface area contributed by atoms with Gasteiger partial charge in [0.1, 0.15) is 0 Å². The molecule has 1 saturated carbocycles. The maximum Gasteiger partial charge on any atom is 0.240 e. The molecule has 3 atom stereocenters. The van der Waals surface area contributed by atoms with Gasteiger partial charge in [-0.3, -0.25) is 4.79 Å². The van der Waals surface area contributed by atoms with Crippen LogP contribution in [0.5, 0.6) is 0 Å². The fraction of sp³-hybridized carbons (Fsp3) is 0.917. The van der Waals surface area contributed by atoms with Gasteiger partial charge >= 0.3 is 0 Å². The predicted octanol–water partition coefficient (Wildman–Crippen LogP) is 0.518. The molecule has 90 valence electrons. The van der Waals surface area contributed by atoms with Gasteiger partial charge < -0.3 is 15.0 Å². The molecular weight excluding hydrogens is 204 g/mol. The minimum absolute atomic E-state index is 0.0827. The molecule has 3 rings (SSSR count). The van der Waals surface area contributed by atoms with Crippen molar-refractivity contribution in [2.24, 2.45) is 0 Å². The first kappa shape index (κ1) is 10.5. The van der Waals surface area contributed by atoms with Gasteiger partial charge in [0.25, 0.3) is 0 Å². The number of fused-ring (bicyclic) bond motifs is 1. The fourth-order valence-electron chi connectivity index (χ4n) is 3.29. The van der Waals surface area contributed by atoms with Gasteiger partial charge in [-0.2, -0.15) is 0 Å². The average molecular weight is 224 g/mol. The van der Waals surface area contributed by atoms with Crippen LogP contribution in [0, 0.1) is 0 Å². The maximum atomic E-state index is 12.4. The van der Waals surface area contributed by atoms with Gasteiger partial charge in [-0.1, -0.05) is 0 Å². The van der Waals surface area contributed by atoms with E-state index in [1.165, 1.54) is 6.42 Å². The van der Waals surface area contributed by atoms with Crippen LogP contribution in [0.25, 0.3) is 0 Å². The highest BCUT2D eigenvalue weighted by atomic mass is 16.5. The van der Waals surface area contributed by atoms with Crippen LogP contribution >= 0.6 is 0 Å². The molecule has 1 aliphatic carbocycles. The van der Waals surface area contributed by atoms with Crippen molar-refractivity contribution in [2.75, 3.05) is 19.7 Å². The van der Waals surface area contributed by atoms with Crippen molar-refractivity contribution in [2.45, 2.75) is 50.3 Å². The highest BCUT2D eigenvalue weighted by molar-refractivity contribution is 5.82. The van der Waals surface area contributed by atoms with Crippen molar-refractivity contribution >= 4 is 5.91 Å². The van der Waals surface area contributed by atoms with E-state index >= 15 is 0 Å². The molecule has 0 aromatic heterocycles. The van der Waals surface area contributed by atoms with Gasteiger partial charge in [0.15, 0.2) is 0 Å². The van der Waals surface area contributed by atoms with Crippen molar-refractivity contribution in [3.63, 3.8) is 0 Å². The Bertz CT molecular complexity index is 276. The van der Waals surface area contributed by atoms with E-state index in [2.05, 4.69) is 10.2 Å². The monoisotopic (exact) mass is 224 g/mol. The summed E-state index contributed by atoms with van der Waals surface area (Å²) in [5.41, 5.74) is 0.